The lowest BCUT2D eigenvalue weighted by Crippen LogP contribution is -2.07. The summed E-state index contributed by atoms with van der Waals surface area (Å²) in [7, 11) is 0. The van der Waals surface area contributed by atoms with Crippen molar-refractivity contribution in [2.75, 3.05) is 0 Å². The van der Waals surface area contributed by atoms with E-state index >= 15 is 0 Å². The lowest BCUT2D eigenvalue weighted by atomic mass is 10.1. The quantitative estimate of drug-likeness (QED) is 0.477. The fourth-order valence-electron chi connectivity index (χ4n) is 3.18. The van der Waals surface area contributed by atoms with Gasteiger partial charge in [0, 0.05) is 15.3 Å². The summed E-state index contributed by atoms with van der Waals surface area (Å²) in [4.78, 5) is 7.37. The summed E-state index contributed by atoms with van der Waals surface area (Å²) in [5.74, 6) is 2.65. The molecule has 26 heavy (non-hydrogen) atoms. The molecule has 0 radical (unpaired) electrons. The van der Waals surface area contributed by atoms with Crippen molar-refractivity contribution in [2.24, 2.45) is 0 Å². The molecule has 0 amide bonds. The molecule has 4 aromatic rings. The first kappa shape index (κ1) is 15.8. The van der Waals surface area contributed by atoms with Gasteiger partial charge in [-0.2, -0.15) is 0 Å². The zero-order valence-corrected chi connectivity index (χ0v) is 16.1. The van der Waals surface area contributed by atoms with Gasteiger partial charge in [-0.3, -0.25) is 4.57 Å². The molecule has 5 rings (SSSR count). The van der Waals surface area contributed by atoms with Crippen molar-refractivity contribution in [3.05, 3.63) is 64.8 Å². The molecule has 2 aromatic heterocycles. The van der Waals surface area contributed by atoms with Crippen LogP contribution in [0.15, 0.2) is 53.4 Å². The highest BCUT2D eigenvalue weighted by Crippen LogP contribution is 2.39. The molecule has 6 heteroatoms. The Labute approximate surface area is 160 Å². The van der Waals surface area contributed by atoms with E-state index in [9.17, 15) is 0 Å². The number of fused-ring (bicyclic) bond motifs is 3. The maximum Gasteiger partial charge on any atom is 0.197 e. The molecule has 4 nitrogen and oxygen atoms in total. The predicted molar refractivity (Wildman–Crippen MR) is 107 cm³/mol. The molecule has 2 aromatic carbocycles. The number of aromatic nitrogens is 4. The van der Waals surface area contributed by atoms with Crippen LogP contribution < -0.4 is 0 Å². The van der Waals surface area contributed by atoms with Crippen LogP contribution in [0.1, 0.15) is 16.3 Å². The molecule has 128 valence electrons. The average molecular weight is 377 g/mol. The van der Waals surface area contributed by atoms with Crippen LogP contribution in [-0.4, -0.2) is 19.7 Å². The highest BCUT2D eigenvalue weighted by atomic mass is 32.2. The Hall–Kier alpha value is -2.44. The van der Waals surface area contributed by atoms with E-state index in [2.05, 4.69) is 77.1 Å². The van der Waals surface area contributed by atoms with Gasteiger partial charge in [-0.15, -0.1) is 33.3 Å². The van der Waals surface area contributed by atoms with E-state index in [0.717, 1.165) is 39.4 Å². The first-order valence-corrected chi connectivity index (χ1v) is 10.2. The Morgan fingerprint density at radius 1 is 0.962 bits per heavy atom. The molecule has 0 fully saturated rings. The van der Waals surface area contributed by atoms with E-state index in [1.54, 1.807) is 23.1 Å². The number of benzene rings is 2. The zero-order chi connectivity index (χ0) is 17.7. The average Bonchev–Trinajstić information content (AvgIpc) is 3.26. The lowest BCUT2D eigenvalue weighted by molar-refractivity contribution is 0.922. The van der Waals surface area contributed by atoms with Crippen molar-refractivity contribution in [3.63, 3.8) is 0 Å². The summed E-state index contributed by atoms with van der Waals surface area (Å²) in [6.07, 6.45) is 0. The van der Waals surface area contributed by atoms with Gasteiger partial charge in [0.25, 0.3) is 0 Å². The first-order chi connectivity index (χ1) is 12.7. The Morgan fingerprint density at radius 3 is 2.62 bits per heavy atom. The van der Waals surface area contributed by atoms with Crippen molar-refractivity contribution in [2.45, 2.75) is 24.5 Å². The van der Waals surface area contributed by atoms with Gasteiger partial charge in [0.05, 0.1) is 17.1 Å². The van der Waals surface area contributed by atoms with Crippen molar-refractivity contribution in [3.8, 4) is 27.8 Å². The maximum atomic E-state index is 4.92. The van der Waals surface area contributed by atoms with E-state index in [0.29, 0.717) is 0 Å². The van der Waals surface area contributed by atoms with Gasteiger partial charge in [0.15, 0.2) is 10.8 Å². The third-order valence-electron chi connectivity index (χ3n) is 4.51. The van der Waals surface area contributed by atoms with E-state index in [1.165, 1.54) is 15.3 Å². The number of thiazole rings is 1. The van der Waals surface area contributed by atoms with Crippen LogP contribution in [0.3, 0.4) is 0 Å². The van der Waals surface area contributed by atoms with Gasteiger partial charge in [-0.25, -0.2) is 4.98 Å². The van der Waals surface area contributed by atoms with Gasteiger partial charge in [0.2, 0.25) is 0 Å². The highest BCUT2D eigenvalue weighted by Gasteiger charge is 2.24. The third kappa shape index (κ3) is 2.48. The molecule has 0 aliphatic carbocycles. The second kappa shape index (κ2) is 6.07. The minimum atomic E-state index is 0.833. The number of hydrogen-bond donors (Lipinski definition) is 0. The fraction of sp³-hybridized carbons (Fsp3) is 0.150. The molecular weight excluding hydrogens is 360 g/mol. The summed E-state index contributed by atoms with van der Waals surface area (Å²) in [6, 6.07) is 16.9. The summed E-state index contributed by atoms with van der Waals surface area (Å²) < 4.78 is 2.16. The maximum absolute atomic E-state index is 4.92. The van der Waals surface area contributed by atoms with Gasteiger partial charge < -0.3 is 0 Å². The molecule has 0 saturated heterocycles. The standard InChI is InChI=1S/C20H16N4S2/c1-12-7-9-14(10-8-12)18-13(2)26-20(21-18)19-23-22-17-11-25-16-6-4-3-5-15(16)24(17)19/h3-10H,11H2,1-2H3. The molecule has 0 spiro atoms. The van der Waals surface area contributed by atoms with Crippen molar-refractivity contribution in [1.82, 2.24) is 19.7 Å². The molecule has 0 N–H and O–H groups in total. The SMILES string of the molecule is Cc1ccc(-c2nc(-c3nnc4n3-c3ccccc3SC4)sc2C)cc1. The van der Waals surface area contributed by atoms with Crippen molar-refractivity contribution >= 4 is 23.1 Å². The smallest absolute Gasteiger partial charge is 0.197 e. The molecule has 0 saturated carbocycles. The molecular formula is C20H16N4S2. The molecule has 0 atom stereocenters. The van der Waals surface area contributed by atoms with Crippen LogP contribution in [0, 0.1) is 13.8 Å². The topological polar surface area (TPSA) is 43.6 Å². The normalized spacial score (nSPS) is 12.7. The summed E-state index contributed by atoms with van der Waals surface area (Å²) in [5, 5.41) is 9.81. The number of thioether (sulfide) groups is 1. The number of aryl methyl sites for hydroxylation is 2. The Bertz CT molecular complexity index is 1110. The molecule has 1 aliphatic heterocycles. The number of nitrogens with zero attached hydrogens (tertiary/aromatic N) is 4. The Morgan fingerprint density at radius 2 is 1.77 bits per heavy atom. The van der Waals surface area contributed by atoms with Gasteiger partial charge in [-0.1, -0.05) is 42.0 Å². The minimum Gasteiger partial charge on any atom is -0.275 e. The van der Waals surface area contributed by atoms with E-state index in [-0.39, 0.29) is 0 Å². The highest BCUT2D eigenvalue weighted by molar-refractivity contribution is 7.98. The van der Waals surface area contributed by atoms with E-state index in [1.807, 2.05) is 0 Å². The van der Waals surface area contributed by atoms with Crippen molar-refractivity contribution < 1.29 is 0 Å². The number of para-hydroxylation sites is 1. The number of rotatable bonds is 2. The Balaban J connectivity index is 1.64. The molecule has 3 heterocycles. The fourth-order valence-corrected chi connectivity index (χ4v) is 5.04. The minimum absolute atomic E-state index is 0.833. The van der Waals surface area contributed by atoms with Crippen LogP contribution in [-0.2, 0) is 5.75 Å². The largest absolute Gasteiger partial charge is 0.275 e. The summed E-state index contributed by atoms with van der Waals surface area (Å²) in [6.45, 7) is 4.22. The van der Waals surface area contributed by atoms with Crippen LogP contribution >= 0.6 is 23.1 Å². The van der Waals surface area contributed by atoms with Gasteiger partial charge in [-0.05, 0) is 26.0 Å². The van der Waals surface area contributed by atoms with Crippen LogP contribution in [0.5, 0.6) is 0 Å². The Kier molecular flexibility index (Phi) is 3.69. The van der Waals surface area contributed by atoms with Crippen LogP contribution in [0.25, 0.3) is 27.8 Å². The van der Waals surface area contributed by atoms with Crippen molar-refractivity contribution in [1.29, 1.82) is 0 Å². The van der Waals surface area contributed by atoms with Gasteiger partial charge >= 0.3 is 0 Å². The summed E-state index contributed by atoms with van der Waals surface area (Å²) >= 11 is 3.48. The molecule has 0 unspecified atom stereocenters. The first-order valence-electron chi connectivity index (χ1n) is 8.42. The summed E-state index contributed by atoms with van der Waals surface area (Å²) in [5.41, 5.74) is 4.57. The second-order valence-electron chi connectivity index (χ2n) is 6.32. The second-order valence-corrected chi connectivity index (χ2v) is 8.54. The molecule has 0 bridgehead atoms. The van der Waals surface area contributed by atoms with E-state index < -0.39 is 0 Å². The van der Waals surface area contributed by atoms with Gasteiger partial charge in [0.1, 0.15) is 5.82 Å². The van der Waals surface area contributed by atoms with E-state index in [4.69, 9.17) is 4.98 Å². The molecule has 1 aliphatic rings. The van der Waals surface area contributed by atoms with Crippen LogP contribution in [0.2, 0.25) is 0 Å². The lowest BCUT2D eigenvalue weighted by Gasteiger charge is -2.17. The third-order valence-corrected chi connectivity index (χ3v) is 6.53. The predicted octanol–water partition coefficient (Wildman–Crippen LogP) is 5.28. The zero-order valence-electron chi connectivity index (χ0n) is 14.4. The monoisotopic (exact) mass is 376 g/mol. The number of hydrogen-bond acceptors (Lipinski definition) is 5. The van der Waals surface area contributed by atoms with Crippen LogP contribution in [0.4, 0.5) is 0 Å².